The summed E-state index contributed by atoms with van der Waals surface area (Å²) in [6, 6.07) is 5.87. The molecule has 7 heteroatoms. The number of ether oxygens (including phenoxy) is 1. The lowest BCUT2D eigenvalue weighted by atomic mass is 10.1. The first-order valence-electron chi connectivity index (χ1n) is 5.26. The monoisotopic (exact) mass is 251 g/mol. The van der Waals surface area contributed by atoms with Crippen LogP contribution in [0.1, 0.15) is 19.4 Å². The van der Waals surface area contributed by atoms with Gasteiger partial charge >= 0.3 is 6.09 Å². The molecule has 0 aromatic heterocycles. The van der Waals surface area contributed by atoms with Crippen molar-refractivity contribution in [2.45, 2.75) is 13.8 Å². The zero-order valence-electron chi connectivity index (χ0n) is 10.0. The van der Waals surface area contributed by atoms with E-state index in [1.807, 2.05) is 0 Å². The van der Waals surface area contributed by atoms with Crippen molar-refractivity contribution in [2.24, 2.45) is 5.10 Å². The second-order valence-corrected chi connectivity index (χ2v) is 3.33. The Morgan fingerprint density at radius 2 is 2.06 bits per heavy atom. The van der Waals surface area contributed by atoms with Gasteiger partial charge in [0.1, 0.15) is 0 Å². The van der Waals surface area contributed by atoms with E-state index in [0.717, 1.165) is 0 Å². The second kappa shape index (κ2) is 6.33. The average Bonchev–Trinajstić information content (AvgIpc) is 2.36. The van der Waals surface area contributed by atoms with Crippen LogP contribution in [-0.4, -0.2) is 23.3 Å². The summed E-state index contributed by atoms with van der Waals surface area (Å²) in [6.07, 6.45) is -0.640. The first kappa shape index (κ1) is 13.6. The lowest BCUT2D eigenvalue weighted by Gasteiger charge is -2.02. The molecule has 1 aromatic carbocycles. The van der Waals surface area contributed by atoms with Crippen molar-refractivity contribution < 1.29 is 14.5 Å². The summed E-state index contributed by atoms with van der Waals surface area (Å²) < 4.78 is 4.63. The molecule has 96 valence electrons. The maximum Gasteiger partial charge on any atom is 0.427 e. The molecule has 1 N–H and O–H groups in total. The minimum absolute atomic E-state index is 0.00454. The highest BCUT2D eigenvalue weighted by Crippen LogP contribution is 2.12. The molecule has 7 nitrogen and oxygen atoms in total. The van der Waals surface area contributed by atoms with Crippen LogP contribution in [-0.2, 0) is 4.74 Å². The molecule has 0 unspecified atom stereocenters. The Balaban J connectivity index is 2.71. The van der Waals surface area contributed by atoms with Crippen molar-refractivity contribution >= 4 is 17.5 Å². The van der Waals surface area contributed by atoms with Gasteiger partial charge in [0.05, 0.1) is 17.2 Å². The number of hydrogen-bond donors (Lipinski definition) is 1. The van der Waals surface area contributed by atoms with Crippen molar-refractivity contribution in [1.29, 1.82) is 0 Å². The molecule has 1 rings (SSSR count). The molecule has 0 aliphatic heterocycles. The number of nitro benzene ring substituents is 1. The third-order valence-electron chi connectivity index (χ3n) is 2.09. The molecule has 0 atom stereocenters. The molecule has 1 amide bonds. The second-order valence-electron chi connectivity index (χ2n) is 3.33. The third kappa shape index (κ3) is 3.85. The van der Waals surface area contributed by atoms with Crippen LogP contribution in [0.2, 0.25) is 0 Å². The van der Waals surface area contributed by atoms with Gasteiger partial charge in [0.2, 0.25) is 0 Å². The van der Waals surface area contributed by atoms with Gasteiger partial charge in [0, 0.05) is 12.1 Å². The van der Waals surface area contributed by atoms with Gasteiger partial charge in [-0.15, -0.1) is 0 Å². The van der Waals surface area contributed by atoms with Crippen LogP contribution < -0.4 is 5.43 Å². The number of hydrazone groups is 1. The standard InChI is InChI=1S/C11H13N3O4/c1-3-18-11(15)13-12-8(2)9-4-6-10(7-5-9)14(16)17/h4-7H,3H2,1-2H3,(H,13,15)/b12-8+. The molecular weight excluding hydrogens is 238 g/mol. The Morgan fingerprint density at radius 1 is 1.44 bits per heavy atom. The Bertz CT molecular complexity index is 468. The van der Waals surface area contributed by atoms with E-state index in [4.69, 9.17) is 0 Å². The van der Waals surface area contributed by atoms with Gasteiger partial charge in [-0.3, -0.25) is 10.1 Å². The minimum atomic E-state index is -0.640. The van der Waals surface area contributed by atoms with Crippen LogP contribution >= 0.6 is 0 Å². The SMILES string of the molecule is CCOC(=O)N/N=C(\C)c1ccc([N+](=O)[O-])cc1. The summed E-state index contributed by atoms with van der Waals surface area (Å²) in [5, 5.41) is 14.3. The van der Waals surface area contributed by atoms with Crippen LogP contribution in [0.5, 0.6) is 0 Å². The summed E-state index contributed by atoms with van der Waals surface area (Å²) in [6.45, 7) is 3.62. The van der Waals surface area contributed by atoms with Gasteiger partial charge in [-0.05, 0) is 31.5 Å². The van der Waals surface area contributed by atoms with Gasteiger partial charge < -0.3 is 4.74 Å². The largest absolute Gasteiger partial charge is 0.449 e. The van der Waals surface area contributed by atoms with E-state index in [-0.39, 0.29) is 12.3 Å². The molecule has 0 fully saturated rings. The van der Waals surface area contributed by atoms with Crippen molar-refractivity contribution in [3.05, 3.63) is 39.9 Å². The molecule has 0 radical (unpaired) electrons. The molecular formula is C11H13N3O4. The number of carbonyl (C=O) groups is 1. The number of non-ortho nitro benzene ring substituents is 1. The normalized spacial score (nSPS) is 10.9. The fraction of sp³-hybridized carbons (Fsp3) is 0.273. The zero-order chi connectivity index (χ0) is 13.5. The van der Waals surface area contributed by atoms with Crippen LogP contribution in [0.15, 0.2) is 29.4 Å². The van der Waals surface area contributed by atoms with Crippen molar-refractivity contribution in [3.8, 4) is 0 Å². The van der Waals surface area contributed by atoms with Gasteiger partial charge in [-0.25, -0.2) is 10.2 Å². The van der Waals surface area contributed by atoms with E-state index in [9.17, 15) is 14.9 Å². The highest BCUT2D eigenvalue weighted by atomic mass is 16.6. The van der Waals surface area contributed by atoms with Gasteiger partial charge in [-0.2, -0.15) is 5.10 Å². The predicted octanol–water partition coefficient (Wildman–Crippen LogP) is 2.06. The van der Waals surface area contributed by atoms with Gasteiger partial charge in [-0.1, -0.05) is 0 Å². The highest BCUT2D eigenvalue weighted by molar-refractivity contribution is 5.99. The van der Waals surface area contributed by atoms with Gasteiger partial charge in [0.25, 0.3) is 5.69 Å². The Kier molecular flexibility index (Phi) is 4.79. The van der Waals surface area contributed by atoms with Crippen molar-refractivity contribution in [3.63, 3.8) is 0 Å². The number of hydrogen-bond acceptors (Lipinski definition) is 5. The first-order valence-corrected chi connectivity index (χ1v) is 5.26. The molecule has 0 aliphatic carbocycles. The number of carbonyl (C=O) groups excluding carboxylic acids is 1. The number of nitrogens with one attached hydrogen (secondary N) is 1. The average molecular weight is 251 g/mol. The maximum absolute atomic E-state index is 11.0. The fourth-order valence-electron chi connectivity index (χ4n) is 1.18. The lowest BCUT2D eigenvalue weighted by Crippen LogP contribution is -2.20. The number of nitro groups is 1. The third-order valence-corrected chi connectivity index (χ3v) is 2.09. The molecule has 0 saturated carbocycles. The van der Waals surface area contributed by atoms with Crippen LogP contribution in [0.25, 0.3) is 0 Å². The molecule has 0 saturated heterocycles. The summed E-state index contributed by atoms with van der Waals surface area (Å²) >= 11 is 0. The number of nitrogens with zero attached hydrogens (tertiary/aromatic N) is 2. The van der Waals surface area contributed by atoms with E-state index in [2.05, 4.69) is 15.3 Å². The minimum Gasteiger partial charge on any atom is -0.449 e. The summed E-state index contributed by atoms with van der Waals surface area (Å²) in [7, 11) is 0. The smallest absolute Gasteiger partial charge is 0.427 e. The Morgan fingerprint density at radius 3 is 2.56 bits per heavy atom. The van der Waals surface area contributed by atoms with E-state index in [1.165, 1.54) is 12.1 Å². The molecule has 0 aliphatic rings. The Labute approximate surface area is 104 Å². The van der Waals surface area contributed by atoms with E-state index in [0.29, 0.717) is 11.3 Å². The number of benzene rings is 1. The zero-order valence-corrected chi connectivity index (χ0v) is 10.0. The number of rotatable bonds is 4. The van der Waals surface area contributed by atoms with Gasteiger partial charge in [0.15, 0.2) is 0 Å². The van der Waals surface area contributed by atoms with E-state index < -0.39 is 11.0 Å². The summed E-state index contributed by atoms with van der Waals surface area (Å²) in [5.41, 5.74) is 3.42. The van der Waals surface area contributed by atoms with Crippen molar-refractivity contribution in [1.82, 2.24) is 5.43 Å². The quantitative estimate of drug-likeness (QED) is 0.503. The van der Waals surface area contributed by atoms with E-state index in [1.54, 1.807) is 26.0 Å². The maximum atomic E-state index is 11.0. The first-order chi connectivity index (χ1) is 8.54. The summed E-state index contributed by atoms with van der Waals surface area (Å²) in [4.78, 5) is 21.0. The molecule has 18 heavy (non-hydrogen) atoms. The number of amides is 1. The molecule has 0 spiro atoms. The molecule has 1 aromatic rings. The van der Waals surface area contributed by atoms with Crippen LogP contribution in [0.3, 0.4) is 0 Å². The predicted molar refractivity (Wildman–Crippen MR) is 65.5 cm³/mol. The Hall–Kier alpha value is -2.44. The van der Waals surface area contributed by atoms with E-state index >= 15 is 0 Å². The fourth-order valence-corrected chi connectivity index (χ4v) is 1.18. The highest BCUT2D eigenvalue weighted by Gasteiger charge is 2.05. The summed E-state index contributed by atoms with van der Waals surface area (Å²) in [5.74, 6) is 0. The lowest BCUT2D eigenvalue weighted by molar-refractivity contribution is -0.384. The topological polar surface area (TPSA) is 93.8 Å². The molecule has 0 heterocycles. The van der Waals surface area contributed by atoms with Crippen molar-refractivity contribution in [2.75, 3.05) is 6.61 Å². The van der Waals surface area contributed by atoms with Crippen LogP contribution in [0, 0.1) is 10.1 Å². The van der Waals surface area contributed by atoms with Crippen LogP contribution in [0.4, 0.5) is 10.5 Å². The molecule has 0 bridgehead atoms.